The standard InChI is InChI=1S/C26H26F3N3O5S/c1-26(2,3)15-8-6-14(7-9-15)24(33)31-22-18(25(34)30-16-10-12-17(37-4)13-11-16)19(27)23(21(29)20(22)28)32-38(5,35)36/h6-13,32H,1-5H3,(H,30,34)(H,31,33). The van der Waals surface area contributed by atoms with Crippen LogP contribution in [0.1, 0.15) is 47.1 Å². The monoisotopic (exact) mass is 549 g/mol. The molecule has 0 spiro atoms. The fourth-order valence-corrected chi connectivity index (χ4v) is 3.99. The van der Waals surface area contributed by atoms with Crippen molar-refractivity contribution in [1.29, 1.82) is 0 Å². The first-order valence-corrected chi connectivity index (χ1v) is 13.1. The van der Waals surface area contributed by atoms with E-state index in [2.05, 4.69) is 10.6 Å². The van der Waals surface area contributed by atoms with Crippen LogP contribution in [0.3, 0.4) is 0 Å². The molecule has 0 aromatic heterocycles. The van der Waals surface area contributed by atoms with Crippen LogP contribution in [-0.4, -0.2) is 33.6 Å². The first-order valence-electron chi connectivity index (χ1n) is 11.2. The second-order valence-electron chi connectivity index (χ2n) is 9.41. The highest BCUT2D eigenvalue weighted by Crippen LogP contribution is 2.34. The minimum Gasteiger partial charge on any atom is -0.497 e. The Balaban J connectivity index is 2.09. The minimum absolute atomic E-state index is 0.0260. The van der Waals surface area contributed by atoms with Crippen molar-refractivity contribution in [1.82, 2.24) is 0 Å². The van der Waals surface area contributed by atoms with Crippen molar-refractivity contribution in [2.24, 2.45) is 0 Å². The van der Waals surface area contributed by atoms with E-state index < -0.39 is 56.2 Å². The fourth-order valence-electron chi connectivity index (χ4n) is 3.44. The third kappa shape index (κ3) is 6.43. The molecule has 0 fully saturated rings. The zero-order valence-electron chi connectivity index (χ0n) is 21.2. The predicted molar refractivity (Wildman–Crippen MR) is 139 cm³/mol. The third-order valence-electron chi connectivity index (χ3n) is 5.43. The van der Waals surface area contributed by atoms with Gasteiger partial charge >= 0.3 is 0 Å². The topological polar surface area (TPSA) is 114 Å². The van der Waals surface area contributed by atoms with Gasteiger partial charge in [-0.25, -0.2) is 21.6 Å². The van der Waals surface area contributed by atoms with Crippen LogP contribution in [0.25, 0.3) is 0 Å². The molecule has 0 aliphatic heterocycles. The van der Waals surface area contributed by atoms with Crippen molar-refractivity contribution in [2.45, 2.75) is 26.2 Å². The Morgan fingerprint density at radius 1 is 0.789 bits per heavy atom. The van der Waals surface area contributed by atoms with Gasteiger partial charge in [0.15, 0.2) is 17.5 Å². The number of hydrogen-bond acceptors (Lipinski definition) is 5. The predicted octanol–water partition coefficient (Wildman–Crippen LogP) is 5.29. The third-order valence-corrected chi connectivity index (χ3v) is 6.01. The highest BCUT2D eigenvalue weighted by Gasteiger charge is 2.31. The molecule has 12 heteroatoms. The van der Waals surface area contributed by atoms with Crippen LogP contribution in [0.2, 0.25) is 0 Å². The van der Waals surface area contributed by atoms with E-state index in [0.717, 1.165) is 5.56 Å². The summed E-state index contributed by atoms with van der Waals surface area (Å²) in [5.41, 5.74) is -2.79. The molecule has 0 bridgehead atoms. The van der Waals surface area contributed by atoms with E-state index in [9.17, 15) is 22.4 Å². The summed E-state index contributed by atoms with van der Waals surface area (Å²) in [6.07, 6.45) is 0.595. The molecule has 3 rings (SSSR count). The summed E-state index contributed by atoms with van der Waals surface area (Å²) < 4.78 is 75.3. The molecule has 202 valence electrons. The van der Waals surface area contributed by atoms with Gasteiger partial charge in [0.1, 0.15) is 17.0 Å². The van der Waals surface area contributed by atoms with Crippen LogP contribution in [0.5, 0.6) is 5.75 Å². The Morgan fingerprint density at radius 3 is 1.84 bits per heavy atom. The summed E-state index contributed by atoms with van der Waals surface area (Å²) in [5.74, 6) is -7.28. The molecule has 0 radical (unpaired) electrons. The van der Waals surface area contributed by atoms with Gasteiger partial charge in [-0.3, -0.25) is 14.3 Å². The number of hydrogen-bond donors (Lipinski definition) is 3. The molecule has 0 unspecified atom stereocenters. The summed E-state index contributed by atoms with van der Waals surface area (Å²) in [7, 11) is -2.85. The zero-order valence-corrected chi connectivity index (χ0v) is 22.0. The average molecular weight is 550 g/mol. The van der Waals surface area contributed by atoms with E-state index in [1.165, 1.54) is 48.2 Å². The number of ether oxygens (including phenoxy) is 1. The Kier molecular flexibility index (Phi) is 8.06. The van der Waals surface area contributed by atoms with E-state index >= 15 is 8.78 Å². The molecule has 2 amide bonds. The van der Waals surface area contributed by atoms with E-state index in [0.29, 0.717) is 12.0 Å². The number of halogens is 3. The second kappa shape index (κ2) is 10.7. The van der Waals surface area contributed by atoms with Gasteiger partial charge in [0.25, 0.3) is 11.8 Å². The van der Waals surface area contributed by atoms with E-state index in [-0.39, 0.29) is 16.7 Å². The zero-order chi connectivity index (χ0) is 28.4. The van der Waals surface area contributed by atoms with Gasteiger partial charge in [-0.1, -0.05) is 32.9 Å². The molecule has 3 aromatic rings. The number of carbonyl (C=O) groups is 2. The Morgan fingerprint density at radius 2 is 1.34 bits per heavy atom. The number of benzene rings is 3. The van der Waals surface area contributed by atoms with Crippen molar-refractivity contribution in [3.8, 4) is 5.75 Å². The van der Waals surface area contributed by atoms with Crippen LogP contribution in [0.4, 0.5) is 30.2 Å². The summed E-state index contributed by atoms with van der Waals surface area (Å²) >= 11 is 0. The molecule has 0 saturated heterocycles. The van der Waals surface area contributed by atoms with Crippen molar-refractivity contribution in [3.63, 3.8) is 0 Å². The second-order valence-corrected chi connectivity index (χ2v) is 11.2. The average Bonchev–Trinajstić information content (AvgIpc) is 2.84. The molecule has 38 heavy (non-hydrogen) atoms. The van der Waals surface area contributed by atoms with Gasteiger partial charge in [-0.2, -0.15) is 0 Å². The quantitative estimate of drug-likeness (QED) is 0.347. The molecule has 8 nitrogen and oxygen atoms in total. The van der Waals surface area contributed by atoms with Crippen molar-refractivity contribution >= 4 is 38.9 Å². The number of sulfonamides is 1. The number of rotatable bonds is 7. The summed E-state index contributed by atoms with van der Waals surface area (Å²) in [6, 6.07) is 12.0. The molecule has 0 saturated carbocycles. The van der Waals surface area contributed by atoms with Gasteiger partial charge in [-0.15, -0.1) is 0 Å². The van der Waals surface area contributed by atoms with Gasteiger partial charge in [0.05, 0.1) is 19.1 Å². The summed E-state index contributed by atoms with van der Waals surface area (Å²) in [6.45, 7) is 5.88. The number of nitrogens with one attached hydrogen (secondary N) is 3. The molecule has 0 heterocycles. The lowest BCUT2D eigenvalue weighted by atomic mass is 9.86. The van der Waals surface area contributed by atoms with Crippen molar-refractivity contribution in [2.75, 3.05) is 28.7 Å². The van der Waals surface area contributed by atoms with Gasteiger partial charge in [0, 0.05) is 11.3 Å². The van der Waals surface area contributed by atoms with Gasteiger partial charge < -0.3 is 15.4 Å². The Hall–Kier alpha value is -4.06. The van der Waals surface area contributed by atoms with Gasteiger partial charge in [-0.05, 0) is 47.4 Å². The molecule has 0 aliphatic carbocycles. The maximum absolute atomic E-state index is 15.4. The largest absolute Gasteiger partial charge is 0.497 e. The van der Waals surface area contributed by atoms with Crippen molar-refractivity contribution < 1.29 is 35.9 Å². The first kappa shape index (κ1) is 28.5. The number of carbonyl (C=O) groups excluding carboxylic acids is 2. The molecule has 3 N–H and O–H groups in total. The fraction of sp³-hybridized carbons (Fsp3) is 0.231. The highest BCUT2D eigenvalue weighted by molar-refractivity contribution is 7.92. The molecule has 0 aliphatic rings. The Labute approximate surface area is 218 Å². The number of anilines is 3. The molecule has 0 atom stereocenters. The summed E-state index contributed by atoms with van der Waals surface area (Å²) in [4.78, 5) is 26.0. The lowest BCUT2D eigenvalue weighted by molar-refractivity contribution is 0.102. The Bertz CT molecular complexity index is 1480. The van der Waals surface area contributed by atoms with Crippen LogP contribution in [0.15, 0.2) is 48.5 Å². The maximum Gasteiger partial charge on any atom is 0.260 e. The van der Waals surface area contributed by atoms with Crippen LogP contribution in [-0.2, 0) is 15.4 Å². The van der Waals surface area contributed by atoms with Crippen molar-refractivity contribution in [3.05, 3.63) is 82.7 Å². The summed E-state index contributed by atoms with van der Waals surface area (Å²) in [5, 5.41) is 4.37. The van der Waals surface area contributed by atoms with E-state index in [1.54, 1.807) is 12.1 Å². The van der Waals surface area contributed by atoms with Crippen LogP contribution >= 0.6 is 0 Å². The maximum atomic E-state index is 15.4. The van der Waals surface area contributed by atoms with E-state index in [4.69, 9.17) is 4.74 Å². The van der Waals surface area contributed by atoms with Crippen LogP contribution in [0, 0.1) is 17.5 Å². The lowest BCUT2D eigenvalue weighted by Gasteiger charge is -2.19. The molecule has 3 aromatic carbocycles. The number of methoxy groups -OCH3 is 1. The normalized spacial score (nSPS) is 11.6. The smallest absolute Gasteiger partial charge is 0.260 e. The van der Waals surface area contributed by atoms with Gasteiger partial charge in [0.2, 0.25) is 10.0 Å². The lowest BCUT2D eigenvalue weighted by Crippen LogP contribution is -2.24. The SMILES string of the molecule is COc1ccc(NC(=O)c2c(F)c(NS(C)(=O)=O)c(F)c(F)c2NC(=O)c2ccc(C(C)(C)C)cc2)cc1. The minimum atomic E-state index is -4.27. The molecular formula is C26H26F3N3O5S. The van der Waals surface area contributed by atoms with Crippen LogP contribution < -0.4 is 20.1 Å². The first-order chi connectivity index (χ1) is 17.6. The molecular weight excluding hydrogens is 523 g/mol. The highest BCUT2D eigenvalue weighted by atomic mass is 32.2. The van der Waals surface area contributed by atoms with E-state index in [1.807, 2.05) is 20.8 Å². The number of amides is 2.